The van der Waals surface area contributed by atoms with Crippen LogP contribution in [0.3, 0.4) is 0 Å². The summed E-state index contributed by atoms with van der Waals surface area (Å²) in [6.07, 6.45) is 4.75. The molecule has 3 rings (SSSR count). The Kier molecular flexibility index (Phi) is 4.18. The van der Waals surface area contributed by atoms with E-state index in [1.54, 1.807) is 12.4 Å². The zero-order valence-corrected chi connectivity index (χ0v) is 12.2. The third-order valence-electron chi connectivity index (χ3n) is 3.70. The van der Waals surface area contributed by atoms with Gasteiger partial charge in [-0.1, -0.05) is 24.3 Å². The largest absolute Gasteiger partial charge is 0.345 e. The molecule has 0 spiro atoms. The first-order valence-electron chi connectivity index (χ1n) is 7.35. The van der Waals surface area contributed by atoms with E-state index < -0.39 is 0 Å². The Morgan fingerprint density at radius 1 is 1.36 bits per heavy atom. The Morgan fingerprint density at radius 2 is 2.23 bits per heavy atom. The standard InChI is InChI=1S/C16H18N4O2/c21-14-5-2-8-20(14)11-13-4-1-3-12(9-13)10-19-16(22)15-17-6-7-18-15/h1,3-4,6-7,9H,2,5,8,10-11H2,(H,17,18)(H,19,22). The fourth-order valence-corrected chi connectivity index (χ4v) is 2.59. The van der Waals surface area contributed by atoms with Crippen molar-refractivity contribution in [1.29, 1.82) is 0 Å². The van der Waals surface area contributed by atoms with Crippen molar-refractivity contribution in [3.63, 3.8) is 0 Å². The summed E-state index contributed by atoms with van der Waals surface area (Å²) in [5, 5.41) is 2.82. The summed E-state index contributed by atoms with van der Waals surface area (Å²) >= 11 is 0. The van der Waals surface area contributed by atoms with Gasteiger partial charge in [0.05, 0.1) is 0 Å². The molecular formula is C16H18N4O2. The lowest BCUT2D eigenvalue weighted by atomic mass is 10.1. The van der Waals surface area contributed by atoms with Crippen LogP contribution in [0.15, 0.2) is 36.7 Å². The molecule has 0 unspecified atom stereocenters. The van der Waals surface area contributed by atoms with Gasteiger partial charge in [0.1, 0.15) is 0 Å². The normalized spacial score (nSPS) is 14.4. The average Bonchev–Trinajstić information content (AvgIpc) is 3.18. The van der Waals surface area contributed by atoms with E-state index in [-0.39, 0.29) is 11.8 Å². The first kappa shape index (κ1) is 14.3. The molecule has 0 atom stereocenters. The first-order chi connectivity index (χ1) is 10.7. The molecule has 2 heterocycles. The molecule has 6 nitrogen and oxygen atoms in total. The van der Waals surface area contributed by atoms with Crippen LogP contribution >= 0.6 is 0 Å². The maximum absolute atomic E-state index is 11.8. The van der Waals surface area contributed by atoms with Gasteiger partial charge in [0.2, 0.25) is 5.91 Å². The van der Waals surface area contributed by atoms with Crippen LogP contribution in [-0.4, -0.2) is 33.2 Å². The van der Waals surface area contributed by atoms with Crippen molar-refractivity contribution in [2.24, 2.45) is 0 Å². The smallest absolute Gasteiger partial charge is 0.287 e. The summed E-state index contributed by atoms with van der Waals surface area (Å²) in [5.74, 6) is 0.292. The molecule has 114 valence electrons. The quantitative estimate of drug-likeness (QED) is 0.877. The predicted molar refractivity (Wildman–Crippen MR) is 80.9 cm³/mol. The van der Waals surface area contributed by atoms with E-state index in [0.717, 1.165) is 24.1 Å². The number of hydrogen-bond acceptors (Lipinski definition) is 3. The molecule has 1 fully saturated rings. The van der Waals surface area contributed by atoms with Gasteiger partial charge in [-0.3, -0.25) is 9.59 Å². The molecule has 22 heavy (non-hydrogen) atoms. The van der Waals surface area contributed by atoms with Gasteiger partial charge in [0.25, 0.3) is 5.91 Å². The van der Waals surface area contributed by atoms with Crippen molar-refractivity contribution in [1.82, 2.24) is 20.2 Å². The molecule has 2 N–H and O–H groups in total. The lowest BCUT2D eigenvalue weighted by Gasteiger charge is -2.16. The van der Waals surface area contributed by atoms with Crippen LogP contribution in [0.4, 0.5) is 0 Å². The van der Waals surface area contributed by atoms with Crippen LogP contribution in [0.25, 0.3) is 0 Å². The highest BCUT2D eigenvalue weighted by Gasteiger charge is 2.19. The number of hydrogen-bond donors (Lipinski definition) is 2. The molecule has 1 aromatic heterocycles. The summed E-state index contributed by atoms with van der Waals surface area (Å²) in [4.78, 5) is 32.1. The number of imidazole rings is 1. The second-order valence-corrected chi connectivity index (χ2v) is 5.36. The average molecular weight is 298 g/mol. The Labute approximate surface area is 128 Å². The minimum absolute atomic E-state index is 0.219. The number of likely N-dealkylation sites (tertiary alicyclic amines) is 1. The molecule has 0 bridgehead atoms. The van der Waals surface area contributed by atoms with Crippen molar-refractivity contribution in [2.45, 2.75) is 25.9 Å². The van der Waals surface area contributed by atoms with E-state index in [4.69, 9.17) is 0 Å². The van der Waals surface area contributed by atoms with E-state index in [2.05, 4.69) is 15.3 Å². The second kappa shape index (κ2) is 6.43. The van der Waals surface area contributed by atoms with Gasteiger partial charge >= 0.3 is 0 Å². The van der Waals surface area contributed by atoms with Crippen molar-refractivity contribution >= 4 is 11.8 Å². The summed E-state index contributed by atoms with van der Waals surface area (Å²) < 4.78 is 0. The van der Waals surface area contributed by atoms with E-state index in [9.17, 15) is 9.59 Å². The van der Waals surface area contributed by atoms with Crippen LogP contribution in [-0.2, 0) is 17.9 Å². The Bertz CT molecular complexity index is 667. The van der Waals surface area contributed by atoms with E-state index in [1.165, 1.54) is 0 Å². The second-order valence-electron chi connectivity index (χ2n) is 5.36. The van der Waals surface area contributed by atoms with Crippen LogP contribution in [0.5, 0.6) is 0 Å². The molecule has 0 aliphatic carbocycles. The van der Waals surface area contributed by atoms with Crippen molar-refractivity contribution in [2.75, 3.05) is 6.54 Å². The fourth-order valence-electron chi connectivity index (χ4n) is 2.59. The molecule has 6 heteroatoms. The number of amides is 2. The van der Waals surface area contributed by atoms with E-state index >= 15 is 0 Å². The maximum atomic E-state index is 11.8. The Hall–Kier alpha value is -2.63. The number of H-pyrrole nitrogens is 1. The number of benzene rings is 1. The molecule has 2 aromatic rings. The maximum Gasteiger partial charge on any atom is 0.287 e. The molecule has 0 saturated carbocycles. The SMILES string of the molecule is O=C(NCc1cccc(CN2CCCC2=O)c1)c1ncc[nH]1. The summed E-state index contributed by atoms with van der Waals surface area (Å²) in [6, 6.07) is 7.93. The van der Waals surface area contributed by atoms with Gasteiger partial charge in [0, 0.05) is 38.4 Å². The lowest BCUT2D eigenvalue weighted by Crippen LogP contribution is -2.25. The van der Waals surface area contributed by atoms with E-state index in [0.29, 0.717) is 25.3 Å². The molecule has 0 radical (unpaired) electrons. The van der Waals surface area contributed by atoms with Gasteiger partial charge in [-0.2, -0.15) is 0 Å². The van der Waals surface area contributed by atoms with Crippen LogP contribution < -0.4 is 5.32 Å². The van der Waals surface area contributed by atoms with Crippen LogP contribution in [0.1, 0.15) is 34.6 Å². The number of aromatic nitrogens is 2. The summed E-state index contributed by atoms with van der Waals surface area (Å²) in [7, 11) is 0. The number of nitrogens with zero attached hydrogens (tertiary/aromatic N) is 2. The molecule has 1 aliphatic heterocycles. The summed E-state index contributed by atoms with van der Waals surface area (Å²) in [5.41, 5.74) is 2.09. The predicted octanol–water partition coefficient (Wildman–Crippen LogP) is 1.46. The number of nitrogens with one attached hydrogen (secondary N) is 2. The van der Waals surface area contributed by atoms with Crippen molar-refractivity contribution < 1.29 is 9.59 Å². The van der Waals surface area contributed by atoms with Crippen LogP contribution in [0, 0.1) is 0 Å². The highest BCUT2D eigenvalue weighted by Crippen LogP contribution is 2.15. The lowest BCUT2D eigenvalue weighted by molar-refractivity contribution is -0.128. The Morgan fingerprint density at radius 3 is 2.95 bits per heavy atom. The zero-order chi connectivity index (χ0) is 15.4. The van der Waals surface area contributed by atoms with Gasteiger partial charge in [-0.25, -0.2) is 4.98 Å². The summed E-state index contributed by atoms with van der Waals surface area (Å²) in [6.45, 7) is 1.90. The number of carbonyl (C=O) groups excluding carboxylic acids is 2. The fraction of sp³-hybridized carbons (Fsp3) is 0.312. The minimum atomic E-state index is -0.231. The zero-order valence-electron chi connectivity index (χ0n) is 12.2. The number of aromatic amines is 1. The minimum Gasteiger partial charge on any atom is -0.345 e. The van der Waals surface area contributed by atoms with Gasteiger partial charge < -0.3 is 15.2 Å². The monoisotopic (exact) mass is 298 g/mol. The Balaban J connectivity index is 1.59. The van der Waals surface area contributed by atoms with Crippen LogP contribution in [0.2, 0.25) is 0 Å². The van der Waals surface area contributed by atoms with Gasteiger partial charge in [-0.05, 0) is 17.5 Å². The molecule has 1 aliphatic rings. The number of carbonyl (C=O) groups is 2. The molecule has 1 saturated heterocycles. The third kappa shape index (κ3) is 3.33. The topological polar surface area (TPSA) is 78.1 Å². The van der Waals surface area contributed by atoms with Gasteiger partial charge in [-0.15, -0.1) is 0 Å². The molecular weight excluding hydrogens is 280 g/mol. The van der Waals surface area contributed by atoms with Gasteiger partial charge in [0.15, 0.2) is 5.82 Å². The van der Waals surface area contributed by atoms with Crippen molar-refractivity contribution in [3.8, 4) is 0 Å². The van der Waals surface area contributed by atoms with E-state index in [1.807, 2.05) is 29.2 Å². The van der Waals surface area contributed by atoms with Crippen molar-refractivity contribution in [3.05, 3.63) is 53.6 Å². The first-order valence-corrected chi connectivity index (χ1v) is 7.35. The number of rotatable bonds is 5. The third-order valence-corrected chi connectivity index (χ3v) is 3.70. The molecule has 1 aromatic carbocycles. The highest BCUT2D eigenvalue weighted by molar-refractivity contribution is 5.90. The highest BCUT2D eigenvalue weighted by atomic mass is 16.2. The molecule has 2 amide bonds.